The van der Waals surface area contributed by atoms with Crippen LogP contribution in [0.25, 0.3) is 0 Å². The first-order valence-electron chi connectivity index (χ1n) is 5.64. The number of rotatable bonds is 7. The van der Waals surface area contributed by atoms with Gasteiger partial charge >= 0.3 is 17.8 Å². The summed E-state index contributed by atoms with van der Waals surface area (Å²) in [7, 11) is 0. The molecule has 1 fully saturated rings. The predicted molar refractivity (Wildman–Crippen MR) is 67.6 cm³/mol. The molecule has 0 spiro atoms. The number of carbonyl (C=O) groups excluding carboxylic acids is 3. The van der Waals surface area contributed by atoms with E-state index in [1.807, 2.05) is 0 Å². The number of hydrogen-bond donors (Lipinski definition) is 3. The van der Waals surface area contributed by atoms with E-state index in [1.54, 1.807) is 0 Å². The molecular weight excluding hydrogens is 274 g/mol. The van der Waals surface area contributed by atoms with Gasteiger partial charge in [0, 0.05) is 26.2 Å². The lowest BCUT2D eigenvalue weighted by atomic mass is 10.3. The SMILES string of the molecule is O=C(O)CSCC(=O)NCCN1CCNC(=O)C1=O. The highest BCUT2D eigenvalue weighted by Gasteiger charge is 2.25. The molecule has 106 valence electrons. The molecule has 3 N–H and O–H groups in total. The summed E-state index contributed by atoms with van der Waals surface area (Å²) in [5.74, 6) is -2.56. The third-order valence-corrected chi connectivity index (χ3v) is 3.23. The van der Waals surface area contributed by atoms with Gasteiger partial charge in [0.25, 0.3) is 0 Å². The fourth-order valence-electron chi connectivity index (χ4n) is 1.45. The topological polar surface area (TPSA) is 116 Å². The third-order valence-electron chi connectivity index (χ3n) is 2.31. The minimum Gasteiger partial charge on any atom is -0.481 e. The first kappa shape index (κ1) is 15.3. The molecule has 0 bridgehead atoms. The Kier molecular flexibility index (Phi) is 6.13. The zero-order chi connectivity index (χ0) is 14.3. The average molecular weight is 289 g/mol. The Labute approximate surface area is 113 Å². The Morgan fingerprint density at radius 1 is 1.37 bits per heavy atom. The smallest absolute Gasteiger partial charge is 0.313 e. The van der Waals surface area contributed by atoms with Gasteiger partial charge in [-0.25, -0.2) is 0 Å². The van der Waals surface area contributed by atoms with E-state index < -0.39 is 17.8 Å². The molecule has 0 aromatic carbocycles. The van der Waals surface area contributed by atoms with Gasteiger partial charge in [-0.3, -0.25) is 19.2 Å². The molecule has 0 radical (unpaired) electrons. The van der Waals surface area contributed by atoms with Crippen LogP contribution in [0.2, 0.25) is 0 Å². The first-order chi connectivity index (χ1) is 9.00. The van der Waals surface area contributed by atoms with Gasteiger partial charge in [0.05, 0.1) is 11.5 Å². The molecule has 1 aliphatic rings. The minimum atomic E-state index is -0.970. The monoisotopic (exact) mass is 289 g/mol. The maximum atomic E-state index is 11.4. The van der Waals surface area contributed by atoms with Gasteiger partial charge < -0.3 is 20.6 Å². The number of carboxylic acid groups (broad SMARTS) is 1. The van der Waals surface area contributed by atoms with Crippen LogP contribution in [-0.4, -0.2) is 71.4 Å². The Hall–Kier alpha value is -1.77. The fourth-order valence-corrected chi connectivity index (χ4v) is 2.01. The molecule has 19 heavy (non-hydrogen) atoms. The molecule has 8 nitrogen and oxygen atoms in total. The normalized spacial score (nSPS) is 15.1. The molecule has 0 aromatic rings. The van der Waals surface area contributed by atoms with Crippen molar-refractivity contribution in [3.63, 3.8) is 0 Å². The standard InChI is InChI=1S/C10H15N3O5S/c14-7(5-19-6-8(15)16)11-1-3-13-4-2-12-9(17)10(13)18/h1-6H2,(H,11,14)(H,12,17)(H,15,16). The lowest BCUT2D eigenvalue weighted by molar-refractivity contribution is -0.148. The molecule has 9 heteroatoms. The molecule has 3 amide bonds. The number of thioether (sulfide) groups is 1. The highest BCUT2D eigenvalue weighted by atomic mass is 32.2. The Balaban J connectivity index is 2.15. The van der Waals surface area contributed by atoms with Crippen LogP contribution in [-0.2, 0) is 19.2 Å². The van der Waals surface area contributed by atoms with E-state index in [2.05, 4.69) is 10.6 Å². The molecule has 0 unspecified atom stereocenters. The zero-order valence-corrected chi connectivity index (χ0v) is 11.0. The van der Waals surface area contributed by atoms with Gasteiger partial charge in [0.15, 0.2) is 0 Å². The number of aliphatic carboxylic acids is 1. The molecule has 0 aliphatic carbocycles. The van der Waals surface area contributed by atoms with Crippen LogP contribution in [0.3, 0.4) is 0 Å². The maximum absolute atomic E-state index is 11.4. The van der Waals surface area contributed by atoms with Crippen molar-refractivity contribution in [3.05, 3.63) is 0 Å². The quantitative estimate of drug-likeness (QED) is 0.461. The van der Waals surface area contributed by atoms with E-state index in [0.29, 0.717) is 13.1 Å². The summed E-state index contributed by atoms with van der Waals surface area (Å²) in [4.78, 5) is 45.3. The molecule has 0 atom stereocenters. The summed E-state index contributed by atoms with van der Waals surface area (Å²) in [5.41, 5.74) is 0. The van der Waals surface area contributed by atoms with Crippen LogP contribution >= 0.6 is 11.8 Å². The van der Waals surface area contributed by atoms with Gasteiger partial charge in [0.1, 0.15) is 0 Å². The molecule has 1 aliphatic heterocycles. The average Bonchev–Trinajstić information content (AvgIpc) is 2.34. The maximum Gasteiger partial charge on any atom is 0.313 e. The van der Waals surface area contributed by atoms with Crippen molar-refractivity contribution in [2.24, 2.45) is 0 Å². The molecule has 0 aromatic heterocycles. The van der Waals surface area contributed by atoms with Gasteiger partial charge in [-0.15, -0.1) is 11.8 Å². The van der Waals surface area contributed by atoms with E-state index >= 15 is 0 Å². The van der Waals surface area contributed by atoms with Crippen LogP contribution in [0, 0.1) is 0 Å². The number of carbonyl (C=O) groups is 4. The summed E-state index contributed by atoms with van der Waals surface area (Å²) >= 11 is 1.00. The van der Waals surface area contributed by atoms with Gasteiger partial charge in [-0.05, 0) is 0 Å². The van der Waals surface area contributed by atoms with Crippen molar-refractivity contribution in [1.82, 2.24) is 15.5 Å². The van der Waals surface area contributed by atoms with E-state index in [4.69, 9.17) is 5.11 Å². The summed E-state index contributed by atoms with van der Waals surface area (Å²) in [5, 5.41) is 13.4. The van der Waals surface area contributed by atoms with Crippen LogP contribution in [0.5, 0.6) is 0 Å². The van der Waals surface area contributed by atoms with Crippen molar-refractivity contribution in [3.8, 4) is 0 Å². The fraction of sp³-hybridized carbons (Fsp3) is 0.600. The van der Waals surface area contributed by atoms with Crippen LogP contribution < -0.4 is 10.6 Å². The Morgan fingerprint density at radius 2 is 2.11 bits per heavy atom. The van der Waals surface area contributed by atoms with Crippen LogP contribution in [0.4, 0.5) is 0 Å². The second-order valence-electron chi connectivity index (χ2n) is 3.78. The predicted octanol–water partition coefficient (Wildman–Crippen LogP) is -2.12. The van der Waals surface area contributed by atoms with Crippen LogP contribution in [0.1, 0.15) is 0 Å². The summed E-state index contributed by atoms with van der Waals surface area (Å²) in [6.45, 7) is 1.34. The van der Waals surface area contributed by atoms with Crippen LogP contribution in [0.15, 0.2) is 0 Å². The summed E-state index contributed by atoms with van der Waals surface area (Å²) < 4.78 is 0. The van der Waals surface area contributed by atoms with E-state index in [1.165, 1.54) is 4.90 Å². The number of nitrogens with zero attached hydrogens (tertiary/aromatic N) is 1. The van der Waals surface area contributed by atoms with Gasteiger partial charge in [-0.2, -0.15) is 0 Å². The number of piperazine rings is 1. The second-order valence-corrected chi connectivity index (χ2v) is 4.77. The van der Waals surface area contributed by atoms with Crippen molar-refractivity contribution < 1.29 is 24.3 Å². The van der Waals surface area contributed by atoms with Crippen molar-refractivity contribution in [2.75, 3.05) is 37.7 Å². The van der Waals surface area contributed by atoms with Gasteiger partial charge in [-0.1, -0.05) is 0 Å². The number of carboxylic acids is 1. The van der Waals surface area contributed by atoms with Crippen molar-refractivity contribution in [2.45, 2.75) is 0 Å². The Bertz CT molecular complexity index is 387. The van der Waals surface area contributed by atoms with Crippen molar-refractivity contribution in [1.29, 1.82) is 0 Å². The highest BCUT2D eigenvalue weighted by molar-refractivity contribution is 8.00. The first-order valence-corrected chi connectivity index (χ1v) is 6.79. The summed E-state index contributed by atoms with van der Waals surface area (Å²) in [6, 6.07) is 0. The van der Waals surface area contributed by atoms with Crippen molar-refractivity contribution >= 4 is 35.5 Å². The number of hydrogen-bond acceptors (Lipinski definition) is 5. The number of nitrogens with one attached hydrogen (secondary N) is 2. The lowest BCUT2D eigenvalue weighted by Crippen LogP contribution is -2.53. The van der Waals surface area contributed by atoms with E-state index in [-0.39, 0.29) is 30.5 Å². The third kappa shape index (κ3) is 5.60. The highest BCUT2D eigenvalue weighted by Crippen LogP contribution is 1.98. The molecular formula is C10H15N3O5S. The molecule has 1 rings (SSSR count). The summed E-state index contributed by atoms with van der Waals surface area (Å²) in [6.07, 6.45) is 0. The molecule has 1 saturated heterocycles. The lowest BCUT2D eigenvalue weighted by Gasteiger charge is -2.26. The molecule has 0 saturated carbocycles. The van der Waals surface area contributed by atoms with E-state index in [0.717, 1.165) is 11.8 Å². The Morgan fingerprint density at radius 3 is 2.79 bits per heavy atom. The second kappa shape index (κ2) is 7.62. The van der Waals surface area contributed by atoms with Gasteiger partial charge in [0.2, 0.25) is 5.91 Å². The molecule has 1 heterocycles. The minimum absolute atomic E-state index is 0.0563. The van der Waals surface area contributed by atoms with E-state index in [9.17, 15) is 19.2 Å². The largest absolute Gasteiger partial charge is 0.481 e. The number of amides is 3. The zero-order valence-electron chi connectivity index (χ0n) is 10.2.